The topological polar surface area (TPSA) is 71.5 Å². The van der Waals surface area contributed by atoms with E-state index in [2.05, 4.69) is 27.3 Å². The van der Waals surface area contributed by atoms with E-state index in [1.807, 2.05) is 42.5 Å². The monoisotopic (exact) mass is 457 g/mol. The van der Waals surface area contributed by atoms with Crippen LogP contribution in [0.1, 0.15) is 25.6 Å². The number of nitrogens with one attached hydrogen (secondary N) is 1. The maximum absolute atomic E-state index is 12.8. The normalized spacial score (nSPS) is 14.3. The molecule has 7 heteroatoms. The summed E-state index contributed by atoms with van der Waals surface area (Å²) in [5, 5.41) is 3.88. The van der Waals surface area contributed by atoms with E-state index in [4.69, 9.17) is 4.74 Å². The van der Waals surface area contributed by atoms with Gasteiger partial charge in [-0.3, -0.25) is 19.5 Å². The van der Waals surface area contributed by atoms with Gasteiger partial charge < -0.3 is 10.1 Å². The van der Waals surface area contributed by atoms with Crippen molar-refractivity contribution in [2.24, 2.45) is 0 Å². The van der Waals surface area contributed by atoms with Crippen molar-refractivity contribution in [1.82, 2.24) is 9.88 Å². The van der Waals surface area contributed by atoms with E-state index in [0.717, 1.165) is 66.2 Å². The van der Waals surface area contributed by atoms with Crippen molar-refractivity contribution in [1.29, 1.82) is 0 Å². The number of ether oxygens (including phenoxy) is 1. The van der Waals surface area contributed by atoms with Crippen molar-refractivity contribution in [3.63, 3.8) is 0 Å². The molecule has 1 fully saturated rings. The standard InChI is InChI=1S/C26H23N3O3S/c30-17-19-3-6-23-22(15-19)21(9-10-27-23)24-7-8-25(33-24)26(31)28-20-4-1-18(2-5-20)16-29-11-13-32-14-12-29/h1-10,15,17H,11-14,16H2,(H,28,31). The Labute approximate surface area is 195 Å². The van der Waals surface area contributed by atoms with Gasteiger partial charge in [-0.25, -0.2) is 0 Å². The van der Waals surface area contributed by atoms with E-state index < -0.39 is 0 Å². The van der Waals surface area contributed by atoms with Crippen LogP contribution in [0.2, 0.25) is 0 Å². The lowest BCUT2D eigenvalue weighted by atomic mass is 10.1. The third kappa shape index (κ3) is 4.85. The summed E-state index contributed by atoms with van der Waals surface area (Å²) in [5.41, 5.74) is 4.36. The van der Waals surface area contributed by atoms with Crippen LogP contribution in [0, 0.1) is 0 Å². The number of benzene rings is 2. The average Bonchev–Trinajstić information content (AvgIpc) is 3.35. The molecule has 0 bridgehead atoms. The molecule has 1 N–H and O–H groups in total. The highest BCUT2D eigenvalue weighted by Gasteiger charge is 2.14. The van der Waals surface area contributed by atoms with E-state index in [-0.39, 0.29) is 5.91 Å². The van der Waals surface area contributed by atoms with E-state index in [1.54, 1.807) is 12.3 Å². The van der Waals surface area contributed by atoms with E-state index >= 15 is 0 Å². The molecule has 6 nitrogen and oxygen atoms in total. The molecule has 5 rings (SSSR count). The number of morpholine rings is 1. The fourth-order valence-electron chi connectivity index (χ4n) is 3.96. The number of fused-ring (bicyclic) bond motifs is 1. The highest BCUT2D eigenvalue weighted by molar-refractivity contribution is 7.17. The fraction of sp³-hybridized carbons (Fsp3) is 0.192. The zero-order chi connectivity index (χ0) is 22.6. The second-order valence-electron chi connectivity index (χ2n) is 7.96. The Bertz CT molecular complexity index is 1290. The molecular formula is C26H23N3O3S. The van der Waals surface area contributed by atoms with Crippen molar-refractivity contribution >= 4 is 40.1 Å². The summed E-state index contributed by atoms with van der Waals surface area (Å²) in [6, 6.07) is 19.1. The summed E-state index contributed by atoms with van der Waals surface area (Å²) >= 11 is 1.42. The smallest absolute Gasteiger partial charge is 0.265 e. The van der Waals surface area contributed by atoms with Gasteiger partial charge in [0, 0.05) is 52.9 Å². The van der Waals surface area contributed by atoms with Crippen LogP contribution in [0.25, 0.3) is 21.3 Å². The van der Waals surface area contributed by atoms with Gasteiger partial charge in [0.1, 0.15) is 6.29 Å². The summed E-state index contributed by atoms with van der Waals surface area (Å²) in [6.07, 6.45) is 2.58. The fourth-order valence-corrected chi connectivity index (χ4v) is 4.90. The van der Waals surface area contributed by atoms with Crippen LogP contribution in [0.3, 0.4) is 0 Å². The SMILES string of the molecule is O=Cc1ccc2nccc(-c3ccc(C(=O)Nc4ccc(CN5CCOCC5)cc4)s3)c2c1. The van der Waals surface area contributed by atoms with Crippen molar-refractivity contribution in [2.75, 3.05) is 31.6 Å². The maximum atomic E-state index is 12.8. The zero-order valence-electron chi connectivity index (χ0n) is 18.0. The Hall–Kier alpha value is -3.39. The number of nitrogens with zero attached hydrogens (tertiary/aromatic N) is 2. The van der Waals surface area contributed by atoms with Crippen molar-refractivity contribution in [2.45, 2.75) is 6.54 Å². The van der Waals surface area contributed by atoms with Gasteiger partial charge in [0.25, 0.3) is 5.91 Å². The lowest BCUT2D eigenvalue weighted by Gasteiger charge is -2.26. The van der Waals surface area contributed by atoms with Crippen LogP contribution in [0.15, 0.2) is 66.9 Å². The van der Waals surface area contributed by atoms with Gasteiger partial charge in [-0.05, 0) is 54.1 Å². The van der Waals surface area contributed by atoms with Gasteiger partial charge in [0.15, 0.2) is 0 Å². The van der Waals surface area contributed by atoms with E-state index in [0.29, 0.717) is 10.4 Å². The third-order valence-corrected chi connectivity index (χ3v) is 6.84. The van der Waals surface area contributed by atoms with Gasteiger partial charge in [-0.1, -0.05) is 12.1 Å². The van der Waals surface area contributed by atoms with Crippen LogP contribution >= 0.6 is 11.3 Å². The first-order valence-electron chi connectivity index (χ1n) is 10.8. The first-order valence-corrected chi connectivity index (χ1v) is 11.7. The molecule has 1 aliphatic heterocycles. The van der Waals surface area contributed by atoms with Crippen molar-refractivity contribution in [3.8, 4) is 10.4 Å². The Morgan fingerprint density at radius 1 is 1.06 bits per heavy atom. The van der Waals surface area contributed by atoms with Crippen molar-refractivity contribution < 1.29 is 14.3 Å². The largest absolute Gasteiger partial charge is 0.379 e. The van der Waals surface area contributed by atoms with E-state index in [9.17, 15) is 9.59 Å². The predicted molar refractivity (Wildman–Crippen MR) is 131 cm³/mol. The van der Waals surface area contributed by atoms with Crippen LogP contribution in [-0.4, -0.2) is 48.4 Å². The van der Waals surface area contributed by atoms with Gasteiger partial charge in [-0.2, -0.15) is 0 Å². The lowest BCUT2D eigenvalue weighted by molar-refractivity contribution is 0.0342. The van der Waals surface area contributed by atoms with Crippen LogP contribution < -0.4 is 5.32 Å². The minimum absolute atomic E-state index is 0.140. The quantitative estimate of drug-likeness (QED) is 0.419. The van der Waals surface area contributed by atoms with Gasteiger partial charge >= 0.3 is 0 Å². The summed E-state index contributed by atoms with van der Waals surface area (Å²) in [7, 11) is 0. The number of aldehydes is 1. The molecule has 0 spiro atoms. The van der Waals surface area contributed by atoms with Crippen LogP contribution in [-0.2, 0) is 11.3 Å². The molecule has 0 atom stereocenters. The second kappa shape index (κ2) is 9.62. The summed E-state index contributed by atoms with van der Waals surface area (Å²) in [6.45, 7) is 4.34. The van der Waals surface area contributed by atoms with Gasteiger partial charge in [0.2, 0.25) is 0 Å². The highest BCUT2D eigenvalue weighted by atomic mass is 32.1. The predicted octanol–water partition coefficient (Wildman–Crippen LogP) is 4.86. The molecule has 2 aromatic carbocycles. The number of pyridine rings is 1. The second-order valence-corrected chi connectivity index (χ2v) is 9.04. The summed E-state index contributed by atoms with van der Waals surface area (Å²) in [4.78, 5) is 32.4. The molecule has 33 heavy (non-hydrogen) atoms. The lowest BCUT2D eigenvalue weighted by Crippen LogP contribution is -2.35. The Morgan fingerprint density at radius 2 is 1.88 bits per heavy atom. The number of hydrogen-bond donors (Lipinski definition) is 1. The first kappa shape index (κ1) is 21.5. The number of hydrogen-bond acceptors (Lipinski definition) is 6. The molecule has 0 aliphatic carbocycles. The highest BCUT2D eigenvalue weighted by Crippen LogP contribution is 2.33. The molecule has 0 radical (unpaired) electrons. The van der Waals surface area contributed by atoms with Crippen LogP contribution in [0.4, 0.5) is 5.69 Å². The summed E-state index contributed by atoms with van der Waals surface area (Å²) in [5.74, 6) is -0.140. The van der Waals surface area contributed by atoms with E-state index in [1.165, 1.54) is 16.9 Å². The van der Waals surface area contributed by atoms with Gasteiger partial charge in [0.05, 0.1) is 23.6 Å². The molecule has 1 aliphatic rings. The molecule has 4 aromatic rings. The first-order chi connectivity index (χ1) is 16.2. The molecule has 0 saturated carbocycles. The molecule has 0 unspecified atom stereocenters. The number of aromatic nitrogens is 1. The Balaban J connectivity index is 1.30. The number of carbonyl (C=O) groups is 2. The zero-order valence-corrected chi connectivity index (χ0v) is 18.8. The number of thiophene rings is 1. The number of anilines is 1. The Kier molecular flexibility index (Phi) is 6.26. The Morgan fingerprint density at radius 3 is 2.67 bits per heavy atom. The minimum Gasteiger partial charge on any atom is -0.379 e. The molecule has 3 heterocycles. The number of amides is 1. The number of carbonyl (C=O) groups excluding carboxylic acids is 2. The average molecular weight is 458 g/mol. The maximum Gasteiger partial charge on any atom is 0.265 e. The molecule has 1 amide bonds. The van der Waals surface area contributed by atoms with Crippen molar-refractivity contribution in [3.05, 3.63) is 82.9 Å². The third-order valence-electron chi connectivity index (χ3n) is 5.72. The summed E-state index contributed by atoms with van der Waals surface area (Å²) < 4.78 is 5.40. The molecule has 166 valence electrons. The molecule has 2 aromatic heterocycles. The minimum atomic E-state index is -0.140. The van der Waals surface area contributed by atoms with Gasteiger partial charge in [-0.15, -0.1) is 11.3 Å². The molecular weight excluding hydrogens is 434 g/mol. The van der Waals surface area contributed by atoms with Crippen LogP contribution in [0.5, 0.6) is 0 Å². The number of rotatable bonds is 6. The molecule has 1 saturated heterocycles.